The predicted molar refractivity (Wildman–Crippen MR) is 92.5 cm³/mol. The average molecular weight is 341 g/mol. The molecule has 1 aromatic heterocycles. The number of hydrogen-bond acceptors (Lipinski definition) is 6. The topological polar surface area (TPSA) is 57.7 Å². The van der Waals surface area contributed by atoms with Crippen LogP contribution in [0.1, 0.15) is 23.3 Å². The molecule has 2 aliphatic rings. The fourth-order valence-electron chi connectivity index (χ4n) is 3.33. The van der Waals surface area contributed by atoms with Crippen LogP contribution in [0.4, 0.5) is 5.69 Å². The summed E-state index contributed by atoms with van der Waals surface area (Å²) in [5, 5.41) is 3.41. The zero-order valence-corrected chi connectivity index (χ0v) is 14.3. The molecule has 0 aliphatic carbocycles. The van der Waals surface area contributed by atoms with Gasteiger partial charge in [0.2, 0.25) is 0 Å². The molecule has 6 nitrogen and oxygen atoms in total. The molecule has 7 heteroatoms. The third-order valence-corrected chi connectivity index (χ3v) is 4.64. The summed E-state index contributed by atoms with van der Waals surface area (Å²) in [6.45, 7) is 6.65. The standard InChI is InChI=1S/C16H24N4O2.ClH/c1-22-16(21)15-3-2-14(12-18-15)19-8-4-13(5-9-19)20-10-6-17-7-11-20;/h2-3,12-13,17H,4-11H2,1H3;1H. The zero-order chi connectivity index (χ0) is 15.4. The number of piperazine rings is 1. The highest BCUT2D eigenvalue weighted by molar-refractivity contribution is 5.87. The first kappa shape index (κ1) is 18.0. The maximum absolute atomic E-state index is 11.4. The van der Waals surface area contributed by atoms with Crippen LogP contribution in [0.5, 0.6) is 0 Å². The van der Waals surface area contributed by atoms with Gasteiger partial charge in [-0.05, 0) is 25.0 Å². The summed E-state index contributed by atoms with van der Waals surface area (Å²) in [5.41, 5.74) is 1.45. The van der Waals surface area contributed by atoms with Gasteiger partial charge in [-0.1, -0.05) is 0 Å². The quantitative estimate of drug-likeness (QED) is 0.833. The number of methoxy groups -OCH3 is 1. The number of carbonyl (C=O) groups is 1. The number of nitrogens with zero attached hydrogens (tertiary/aromatic N) is 3. The molecular formula is C16H25ClN4O2. The Bertz CT molecular complexity index is 497. The van der Waals surface area contributed by atoms with Crippen molar-refractivity contribution in [1.82, 2.24) is 15.2 Å². The van der Waals surface area contributed by atoms with Crippen molar-refractivity contribution in [3.05, 3.63) is 24.0 Å². The van der Waals surface area contributed by atoms with Crippen molar-refractivity contribution < 1.29 is 9.53 Å². The van der Waals surface area contributed by atoms with Crippen molar-refractivity contribution in [2.45, 2.75) is 18.9 Å². The summed E-state index contributed by atoms with van der Waals surface area (Å²) >= 11 is 0. The maximum Gasteiger partial charge on any atom is 0.356 e. The van der Waals surface area contributed by atoms with Gasteiger partial charge in [0, 0.05) is 45.3 Å². The van der Waals surface area contributed by atoms with E-state index < -0.39 is 0 Å². The van der Waals surface area contributed by atoms with Crippen molar-refractivity contribution in [2.24, 2.45) is 0 Å². The number of rotatable bonds is 3. The number of carbonyl (C=O) groups excluding carboxylic acids is 1. The van der Waals surface area contributed by atoms with Gasteiger partial charge >= 0.3 is 5.97 Å². The lowest BCUT2D eigenvalue weighted by Crippen LogP contribution is -2.52. The van der Waals surface area contributed by atoms with Gasteiger partial charge in [-0.2, -0.15) is 0 Å². The second kappa shape index (κ2) is 8.47. The molecule has 0 amide bonds. The highest BCUT2D eigenvalue weighted by Gasteiger charge is 2.25. The molecule has 2 aliphatic heterocycles. The SMILES string of the molecule is COC(=O)c1ccc(N2CCC(N3CCNCC3)CC2)cn1.Cl. The lowest BCUT2D eigenvalue weighted by Gasteiger charge is -2.41. The smallest absolute Gasteiger partial charge is 0.356 e. The summed E-state index contributed by atoms with van der Waals surface area (Å²) in [6.07, 6.45) is 4.16. The highest BCUT2D eigenvalue weighted by Crippen LogP contribution is 2.22. The first-order chi connectivity index (χ1) is 10.8. The fourth-order valence-corrected chi connectivity index (χ4v) is 3.33. The molecule has 23 heavy (non-hydrogen) atoms. The molecule has 0 spiro atoms. The lowest BCUT2D eigenvalue weighted by atomic mass is 10.0. The third-order valence-electron chi connectivity index (χ3n) is 4.64. The van der Waals surface area contributed by atoms with Gasteiger partial charge < -0.3 is 15.0 Å². The number of ether oxygens (including phenoxy) is 1. The molecule has 0 bridgehead atoms. The third kappa shape index (κ3) is 4.34. The largest absolute Gasteiger partial charge is 0.464 e. The second-order valence-electron chi connectivity index (χ2n) is 5.90. The normalized spacial score (nSPS) is 20.0. The molecule has 0 radical (unpaired) electrons. The van der Waals surface area contributed by atoms with E-state index in [0.717, 1.165) is 31.9 Å². The Morgan fingerprint density at radius 3 is 2.48 bits per heavy atom. The van der Waals surface area contributed by atoms with Crippen molar-refractivity contribution in [3.8, 4) is 0 Å². The molecule has 0 atom stereocenters. The van der Waals surface area contributed by atoms with Crippen molar-refractivity contribution in [3.63, 3.8) is 0 Å². The van der Waals surface area contributed by atoms with Gasteiger partial charge in [0.1, 0.15) is 5.69 Å². The van der Waals surface area contributed by atoms with E-state index in [2.05, 4.69) is 24.8 Å². The Labute approximate surface area is 143 Å². The van der Waals surface area contributed by atoms with E-state index in [9.17, 15) is 4.79 Å². The monoisotopic (exact) mass is 340 g/mol. The summed E-state index contributed by atoms with van der Waals surface area (Å²) in [5.74, 6) is -0.385. The van der Waals surface area contributed by atoms with Gasteiger partial charge in [0.15, 0.2) is 0 Å². The average Bonchev–Trinajstić information content (AvgIpc) is 2.62. The number of anilines is 1. The Kier molecular flexibility index (Phi) is 6.62. The zero-order valence-electron chi connectivity index (χ0n) is 13.5. The Morgan fingerprint density at radius 1 is 1.22 bits per heavy atom. The summed E-state index contributed by atoms with van der Waals surface area (Å²) in [7, 11) is 1.37. The predicted octanol–water partition coefficient (Wildman–Crippen LogP) is 1.16. The van der Waals surface area contributed by atoms with Crippen LogP contribution in [0.15, 0.2) is 18.3 Å². The van der Waals surface area contributed by atoms with Crippen LogP contribution in [-0.4, -0.2) is 68.3 Å². The van der Waals surface area contributed by atoms with Crippen LogP contribution in [0.25, 0.3) is 0 Å². The highest BCUT2D eigenvalue weighted by atomic mass is 35.5. The molecule has 3 heterocycles. The van der Waals surface area contributed by atoms with Crippen LogP contribution in [0.3, 0.4) is 0 Å². The van der Waals surface area contributed by atoms with E-state index in [4.69, 9.17) is 0 Å². The van der Waals surface area contributed by atoms with Crippen LogP contribution in [0.2, 0.25) is 0 Å². The van der Waals surface area contributed by atoms with Crippen molar-refractivity contribution in [1.29, 1.82) is 0 Å². The van der Waals surface area contributed by atoms with Gasteiger partial charge in [-0.25, -0.2) is 9.78 Å². The van der Waals surface area contributed by atoms with Gasteiger partial charge in [0.25, 0.3) is 0 Å². The minimum atomic E-state index is -0.385. The Hall–Kier alpha value is -1.37. The van der Waals surface area contributed by atoms with E-state index in [-0.39, 0.29) is 18.4 Å². The summed E-state index contributed by atoms with van der Waals surface area (Å²) < 4.78 is 4.68. The minimum absolute atomic E-state index is 0. The van der Waals surface area contributed by atoms with Gasteiger partial charge in [-0.15, -0.1) is 12.4 Å². The molecule has 2 saturated heterocycles. The van der Waals surface area contributed by atoms with Crippen LogP contribution >= 0.6 is 12.4 Å². The van der Waals surface area contributed by atoms with E-state index in [1.54, 1.807) is 12.3 Å². The minimum Gasteiger partial charge on any atom is -0.464 e. The number of hydrogen-bond donors (Lipinski definition) is 1. The second-order valence-corrected chi connectivity index (χ2v) is 5.90. The maximum atomic E-state index is 11.4. The van der Waals surface area contributed by atoms with E-state index in [1.165, 1.54) is 33.0 Å². The molecule has 3 rings (SSSR count). The molecule has 0 saturated carbocycles. The molecule has 0 aromatic carbocycles. The Morgan fingerprint density at radius 2 is 1.91 bits per heavy atom. The summed E-state index contributed by atoms with van der Waals surface area (Å²) in [4.78, 5) is 20.6. The molecule has 0 unspecified atom stereocenters. The van der Waals surface area contributed by atoms with Crippen molar-refractivity contribution >= 4 is 24.1 Å². The van der Waals surface area contributed by atoms with Crippen LogP contribution < -0.4 is 10.2 Å². The first-order valence-electron chi connectivity index (χ1n) is 8.02. The van der Waals surface area contributed by atoms with E-state index >= 15 is 0 Å². The summed E-state index contributed by atoms with van der Waals surface area (Å²) in [6, 6.07) is 4.41. The number of halogens is 1. The number of aromatic nitrogens is 1. The molecule has 2 fully saturated rings. The Balaban J connectivity index is 0.00000192. The first-order valence-corrected chi connectivity index (χ1v) is 8.02. The molecule has 128 valence electrons. The number of nitrogens with one attached hydrogen (secondary N) is 1. The fraction of sp³-hybridized carbons (Fsp3) is 0.625. The lowest BCUT2D eigenvalue weighted by molar-refractivity contribution is 0.0594. The molecular weight excluding hydrogens is 316 g/mol. The number of piperidine rings is 1. The number of esters is 1. The number of pyridine rings is 1. The molecule has 1 aromatic rings. The molecule has 1 N–H and O–H groups in total. The van der Waals surface area contributed by atoms with Crippen molar-refractivity contribution in [2.75, 3.05) is 51.3 Å². The van der Waals surface area contributed by atoms with Gasteiger partial charge in [0.05, 0.1) is 19.0 Å². The van der Waals surface area contributed by atoms with E-state index in [1.807, 2.05) is 6.07 Å². The van der Waals surface area contributed by atoms with Crippen LogP contribution in [-0.2, 0) is 4.74 Å². The van der Waals surface area contributed by atoms with E-state index in [0.29, 0.717) is 11.7 Å². The van der Waals surface area contributed by atoms with Crippen LogP contribution in [0, 0.1) is 0 Å². The van der Waals surface area contributed by atoms with Gasteiger partial charge in [-0.3, -0.25) is 4.90 Å².